The fourth-order valence-electron chi connectivity index (χ4n) is 0.929. The van der Waals surface area contributed by atoms with Gasteiger partial charge in [-0.3, -0.25) is 9.98 Å². The Morgan fingerprint density at radius 3 is 2.33 bits per heavy atom. The van der Waals surface area contributed by atoms with E-state index in [0.29, 0.717) is 0 Å². The predicted molar refractivity (Wildman–Crippen MR) is 69.5 cm³/mol. The molecule has 15 heavy (non-hydrogen) atoms. The van der Waals surface area contributed by atoms with Crippen LogP contribution in [0.3, 0.4) is 0 Å². The van der Waals surface area contributed by atoms with E-state index in [2.05, 4.69) is 16.6 Å². The van der Waals surface area contributed by atoms with Crippen LogP contribution < -0.4 is 0 Å². The third-order valence-electron chi connectivity index (χ3n) is 1.54. The Morgan fingerprint density at radius 1 is 1.13 bits per heavy atom. The molecular weight excluding hydrogens is 184 g/mol. The van der Waals surface area contributed by atoms with E-state index in [0.717, 1.165) is 11.4 Å². The SMILES string of the molecule is C=CC=N/C(=C\C)C(/C=C\C)=N/C=C\C. The zero-order valence-electron chi connectivity index (χ0n) is 9.64. The monoisotopic (exact) mass is 202 g/mol. The minimum Gasteiger partial charge on any atom is -0.255 e. The number of rotatable bonds is 5. The zero-order valence-corrected chi connectivity index (χ0v) is 9.64. The molecule has 0 bridgehead atoms. The molecule has 0 amide bonds. The third kappa shape index (κ3) is 5.57. The fourth-order valence-corrected chi connectivity index (χ4v) is 0.929. The lowest BCUT2D eigenvalue weighted by molar-refractivity contribution is 1.40. The van der Waals surface area contributed by atoms with Gasteiger partial charge in [-0.1, -0.05) is 30.9 Å². The number of hydrogen-bond acceptors (Lipinski definition) is 2. The summed E-state index contributed by atoms with van der Waals surface area (Å²) in [6.45, 7) is 9.40. The van der Waals surface area contributed by atoms with Crippen LogP contribution in [0.25, 0.3) is 0 Å². The van der Waals surface area contributed by atoms with Crippen LogP contribution in [-0.4, -0.2) is 11.9 Å². The van der Waals surface area contributed by atoms with Crippen molar-refractivity contribution in [2.45, 2.75) is 20.8 Å². The van der Waals surface area contributed by atoms with E-state index < -0.39 is 0 Å². The molecule has 0 unspecified atom stereocenters. The molecular formula is C13H18N2. The maximum absolute atomic E-state index is 4.29. The second-order valence-electron chi connectivity index (χ2n) is 2.68. The highest BCUT2D eigenvalue weighted by Gasteiger charge is 1.98. The van der Waals surface area contributed by atoms with Crippen LogP contribution in [0.4, 0.5) is 0 Å². The molecule has 0 aromatic rings. The molecule has 0 aromatic carbocycles. The highest BCUT2D eigenvalue weighted by molar-refractivity contribution is 6.09. The highest BCUT2D eigenvalue weighted by Crippen LogP contribution is 2.03. The van der Waals surface area contributed by atoms with E-state index >= 15 is 0 Å². The molecule has 0 saturated carbocycles. The first-order valence-corrected chi connectivity index (χ1v) is 4.93. The van der Waals surface area contributed by atoms with E-state index in [9.17, 15) is 0 Å². The van der Waals surface area contributed by atoms with Gasteiger partial charge >= 0.3 is 0 Å². The maximum Gasteiger partial charge on any atom is 0.0879 e. The third-order valence-corrected chi connectivity index (χ3v) is 1.54. The van der Waals surface area contributed by atoms with Crippen molar-refractivity contribution in [2.24, 2.45) is 9.98 Å². The van der Waals surface area contributed by atoms with Gasteiger partial charge in [-0.25, -0.2) is 0 Å². The van der Waals surface area contributed by atoms with E-state index in [1.165, 1.54) is 0 Å². The molecule has 80 valence electrons. The highest BCUT2D eigenvalue weighted by atomic mass is 14.8. The van der Waals surface area contributed by atoms with Gasteiger partial charge < -0.3 is 0 Å². The lowest BCUT2D eigenvalue weighted by atomic mass is 10.2. The van der Waals surface area contributed by atoms with Crippen LogP contribution in [0.2, 0.25) is 0 Å². The molecule has 0 fully saturated rings. The largest absolute Gasteiger partial charge is 0.255 e. The topological polar surface area (TPSA) is 24.7 Å². The number of aliphatic imine (C=N–C) groups is 2. The standard InChI is InChI=1S/C13H18N2/c1-5-9-13(15-11-7-3)12(8-4)14-10-6-2/h5-11H,2H2,1,3-4H3/b9-5-,11-7-,12-8-,14-10?,15-13+. The molecule has 0 aliphatic heterocycles. The lowest BCUT2D eigenvalue weighted by Gasteiger charge is -1.99. The van der Waals surface area contributed by atoms with Crippen LogP contribution in [0, 0.1) is 0 Å². The van der Waals surface area contributed by atoms with Gasteiger partial charge in [0.15, 0.2) is 0 Å². The smallest absolute Gasteiger partial charge is 0.0879 e. The Kier molecular flexibility index (Phi) is 7.87. The average molecular weight is 202 g/mol. The molecule has 2 nitrogen and oxygen atoms in total. The molecule has 0 aromatic heterocycles. The Hall–Kier alpha value is -1.70. The van der Waals surface area contributed by atoms with E-state index in [4.69, 9.17) is 0 Å². The molecule has 2 heteroatoms. The summed E-state index contributed by atoms with van der Waals surface area (Å²) in [5.41, 5.74) is 1.68. The van der Waals surface area contributed by atoms with Crippen molar-refractivity contribution in [3.63, 3.8) is 0 Å². The molecule has 0 N–H and O–H groups in total. The second-order valence-corrected chi connectivity index (χ2v) is 2.68. The van der Waals surface area contributed by atoms with E-state index in [1.54, 1.807) is 18.5 Å². The molecule has 0 spiro atoms. The molecule has 0 aliphatic carbocycles. The van der Waals surface area contributed by atoms with Crippen molar-refractivity contribution in [1.29, 1.82) is 0 Å². The fraction of sp³-hybridized carbons (Fsp3) is 0.231. The lowest BCUT2D eigenvalue weighted by Crippen LogP contribution is -1.96. The number of hydrogen-bond donors (Lipinski definition) is 0. The van der Waals surface area contributed by atoms with Crippen molar-refractivity contribution >= 4 is 11.9 Å². The number of allylic oxidation sites excluding steroid dienone is 5. The van der Waals surface area contributed by atoms with E-state index in [1.807, 2.05) is 45.1 Å². The Morgan fingerprint density at radius 2 is 1.87 bits per heavy atom. The van der Waals surface area contributed by atoms with Gasteiger partial charge in [0.05, 0.1) is 11.4 Å². The van der Waals surface area contributed by atoms with E-state index in [-0.39, 0.29) is 0 Å². The summed E-state index contributed by atoms with van der Waals surface area (Å²) in [4.78, 5) is 8.52. The Bertz CT molecular complexity index is 328. The van der Waals surface area contributed by atoms with Crippen molar-refractivity contribution in [2.75, 3.05) is 0 Å². The summed E-state index contributed by atoms with van der Waals surface area (Å²) in [5.74, 6) is 0. The number of nitrogens with zero attached hydrogens (tertiary/aromatic N) is 2. The minimum atomic E-state index is 0.839. The van der Waals surface area contributed by atoms with Crippen molar-refractivity contribution in [1.82, 2.24) is 0 Å². The summed E-state index contributed by atoms with van der Waals surface area (Å²) in [5, 5.41) is 0. The molecule has 0 atom stereocenters. The molecule has 0 rings (SSSR count). The van der Waals surface area contributed by atoms with Crippen LogP contribution in [0.5, 0.6) is 0 Å². The van der Waals surface area contributed by atoms with Crippen LogP contribution in [0.1, 0.15) is 20.8 Å². The summed E-state index contributed by atoms with van der Waals surface area (Å²) in [6.07, 6.45) is 12.7. The average Bonchev–Trinajstić information content (AvgIpc) is 2.26. The van der Waals surface area contributed by atoms with Gasteiger partial charge in [0.25, 0.3) is 0 Å². The quantitative estimate of drug-likeness (QED) is 0.607. The normalized spacial score (nSPS) is 14.6. The molecule has 0 heterocycles. The van der Waals surface area contributed by atoms with Crippen LogP contribution in [0.15, 0.2) is 58.8 Å². The summed E-state index contributed by atoms with van der Waals surface area (Å²) < 4.78 is 0. The first-order valence-electron chi connectivity index (χ1n) is 4.93. The Balaban J connectivity index is 5.04. The summed E-state index contributed by atoms with van der Waals surface area (Å²) >= 11 is 0. The Labute approximate surface area is 92.2 Å². The van der Waals surface area contributed by atoms with Gasteiger partial charge in [0.1, 0.15) is 0 Å². The van der Waals surface area contributed by atoms with Crippen LogP contribution >= 0.6 is 0 Å². The van der Waals surface area contributed by atoms with Crippen molar-refractivity contribution in [3.8, 4) is 0 Å². The van der Waals surface area contributed by atoms with Gasteiger partial charge in [0.2, 0.25) is 0 Å². The van der Waals surface area contributed by atoms with Gasteiger partial charge in [-0.05, 0) is 26.8 Å². The summed E-state index contributed by atoms with van der Waals surface area (Å²) in [7, 11) is 0. The maximum atomic E-state index is 4.29. The van der Waals surface area contributed by atoms with Gasteiger partial charge in [-0.2, -0.15) is 0 Å². The molecule has 0 aliphatic rings. The zero-order chi connectivity index (χ0) is 11.5. The van der Waals surface area contributed by atoms with Gasteiger partial charge in [-0.15, -0.1) is 0 Å². The first kappa shape index (κ1) is 13.3. The molecule has 0 radical (unpaired) electrons. The minimum absolute atomic E-state index is 0.839. The van der Waals surface area contributed by atoms with Crippen LogP contribution in [-0.2, 0) is 0 Å². The van der Waals surface area contributed by atoms with Crippen molar-refractivity contribution in [3.05, 3.63) is 48.9 Å². The molecule has 0 saturated heterocycles. The second kappa shape index (κ2) is 8.88. The predicted octanol–water partition coefficient (Wildman–Crippen LogP) is 3.70. The van der Waals surface area contributed by atoms with Crippen molar-refractivity contribution < 1.29 is 0 Å². The summed E-state index contributed by atoms with van der Waals surface area (Å²) in [6, 6.07) is 0. The first-order chi connectivity index (χ1) is 7.29. The van der Waals surface area contributed by atoms with Gasteiger partial charge in [0, 0.05) is 12.4 Å².